The number of nitrogens with zero attached hydrogens (tertiary/aromatic N) is 1. The summed E-state index contributed by atoms with van der Waals surface area (Å²) in [5.74, 6) is -0.371. The summed E-state index contributed by atoms with van der Waals surface area (Å²) in [5.41, 5.74) is 2.99. The van der Waals surface area contributed by atoms with Crippen LogP contribution in [0, 0.1) is 0 Å². The van der Waals surface area contributed by atoms with E-state index >= 15 is 0 Å². The molecule has 2 aromatic rings. The zero-order valence-electron chi connectivity index (χ0n) is 15.7. The van der Waals surface area contributed by atoms with Crippen molar-refractivity contribution in [3.63, 3.8) is 0 Å². The molecule has 0 radical (unpaired) electrons. The van der Waals surface area contributed by atoms with E-state index in [4.69, 9.17) is 44.3 Å². The SMILES string of the molecule is CC(Nc1cc(N2CCC3(CC2)OCCO3)ccc1Cl)c1ccc(Cl)cc1Cl. The molecular weight excluding hydrogens is 419 g/mol. The zero-order chi connectivity index (χ0) is 19.7. The van der Waals surface area contributed by atoms with Crippen LogP contribution >= 0.6 is 34.8 Å². The van der Waals surface area contributed by atoms with E-state index in [-0.39, 0.29) is 11.8 Å². The van der Waals surface area contributed by atoms with E-state index < -0.39 is 0 Å². The standard InChI is InChI=1S/C21H23Cl3N2O2/c1-14(17-4-2-15(22)12-19(17)24)25-20-13-16(3-5-18(20)23)26-8-6-21(7-9-26)27-10-11-28-21/h2-5,12-14,25H,6-11H2,1H3. The van der Waals surface area contributed by atoms with Crippen LogP contribution in [0.3, 0.4) is 0 Å². The summed E-state index contributed by atoms with van der Waals surface area (Å²) in [6, 6.07) is 11.6. The van der Waals surface area contributed by atoms with Crippen molar-refractivity contribution in [1.29, 1.82) is 0 Å². The molecule has 4 nitrogen and oxygen atoms in total. The summed E-state index contributed by atoms with van der Waals surface area (Å²) in [6.07, 6.45) is 1.74. The predicted octanol–water partition coefficient (Wildman–Crippen LogP) is 6.16. The topological polar surface area (TPSA) is 33.7 Å². The third-order valence-electron chi connectivity index (χ3n) is 5.45. The fraction of sp³-hybridized carbons (Fsp3) is 0.429. The number of nitrogens with one attached hydrogen (secondary N) is 1. The van der Waals surface area contributed by atoms with Gasteiger partial charge < -0.3 is 19.7 Å². The highest BCUT2D eigenvalue weighted by molar-refractivity contribution is 6.35. The van der Waals surface area contributed by atoms with E-state index in [0.717, 1.165) is 42.9 Å². The lowest BCUT2D eigenvalue weighted by Gasteiger charge is -2.38. The van der Waals surface area contributed by atoms with Crippen LogP contribution in [0.1, 0.15) is 31.4 Å². The summed E-state index contributed by atoms with van der Waals surface area (Å²) >= 11 is 18.8. The first-order valence-electron chi connectivity index (χ1n) is 9.50. The van der Waals surface area contributed by atoms with E-state index in [1.165, 1.54) is 0 Å². The minimum Gasteiger partial charge on any atom is -0.377 e. The molecule has 2 heterocycles. The van der Waals surface area contributed by atoms with Gasteiger partial charge in [0, 0.05) is 41.7 Å². The van der Waals surface area contributed by atoms with Gasteiger partial charge in [-0.15, -0.1) is 0 Å². The van der Waals surface area contributed by atoms with Crippen molar-refractivity contribution in [1.82, 2.24) is 0 Å². The highest BCUT2D eigenvalue weighted by Crippen LogP contribution is 2.36. The van der Waals surface area contributed by atoms with Crippen molar-refractivity contribution < 1.29 is 9.47 Å². The Balaban J connectivity index is 1.48. The molecule has 0 amide bonds. The van der Waals surface area contributed by atoms with Crippen LogP contribution in [-0.4, -0.2) is 32.1 Å². The van der Waals surface area contributed by atoms with Gasteiger partial charge in [0.15, 0.2) is 5.79 Å². The Morgan fingerprint density at radius 3 is 2.36 bits per heavy atom. The van der Waals surface area contributed by atoms with E-state index in [9.17, 15) is 0 Å². The van der Waals surface area contributed by atoms with Gasteiger partial charge in [-0.25, -0.2) is 0 Å². The second-order valence-corrected chi connectivity index (χ2v) is 8.54. The smallest absolute Gasteiger partial charge is 0.171 e. The molecule has 0 aliphatic carbocycles. The fourth-order valence-corrected chi connectivity index (χ4v) is 4.62. The molecule has 1 spiro atoms. The Morgan fingerprint density at radius 1 is 0.964 bits per heavy atom. The maximum Gasteiger partial charge on any atom is 0.171 e. The van der Waals surface area contributed by atoms with Crippen LogP contribution in [0.15, 0.2) is 36.4 Å². The number of hydrogen-bond donors (Lipinski definition) is 1. The van der Waals surface area contributed by atoms with Gasteiger partial charge in [0.1, 0.15) is 0 Å². The number of anilines is 2. The number of piperidine rings is 1. The van der Waals surface area contributed by atoms with Crippen molar-refractivity contribution >= 4 is 46.2 Å². The molecule has 150 valence electrons. The van der Waals surface area contributed by atoms with Gasteiger partial charge >= 0.3 is 0 Å². The molecule has 0 aromatic heterocycles. The summed E-state index contributed by atoms with van der Waals surface area (Å²) in [4.78, 5) is 2.34. The maximum absolute atomic E-state index is 6.46. The van der Waals surface area contributed by atoms with Crippen LogP contribution in [0.25, 0.3) is 0 Å². The monoisotopic (exact) mass is 440 g/mol. The molecule has 2 saturated heterocycles. The summed E-state index contributed by atoms with van der Waals surface area (Å²) in [7, 11) is 0. The van der Waals surface area contributed by atoms with Crippen molar-refractivity contribution in [2.75, 3.05) is 36.5 Å². The molecule has 2 aliphatic heterocycles. The number of ether oxygens (including phenoxy) is 2. The van der Waals surface area contributed by atoms with Gasteiger partial charge in [-0.2, -0.15) is 0 Å². The van der Waals surface area contributed by atoms with Gasteiger partial charge in [0.05, 0.1) is 30.0 Å². The molecule has 28 heavy (non-hydrogen) atoms. The maximum atomic E-state index is 6.46. The van der Waals surface area contributed by atoms with E-state index in [2.05, 4.69) is 29.3 Å². The van der Waals surface area contributed by atoms with Crippen LogP contribution in [0.2, 0.25) is 15.1 Å². The highest BCUT2D eigenvalue weighted by atomic mass is 35.5. The van der Waals surface area contributed by atoms with Crippen molar-refractivity contribution in [2.45, 2.75) is 31.6 Å². The van der Waals surface area contributed by atoms with E-state index in [1.54, 1.807) is 6.07 Å². The molecule has 1 atom stereocenters. The summed E-state index contributed by atoms with van der Waals surface area (Å²) in [6.45, 7) is 5.22. The second-order valence-electron chi connectivity index (χ2n) is 7.29. The molecular formula is C21H23Cl3N2O2. The van der Waals surface area contributed by atoms with E-state index in [1.807, 2.05) is 18.2 Å². The lowest BCUT2D eigenvalue weighted by atomic mass is 10.0. The average molecular weight is 442 g/mol. The van der Waals surface area contributed by atoms with Gasteiger partial charge in [0.2, 0.25) is 0 Å². The first-order chi connectivity index (χ1) is 13.5. The fourth-order valence-electron chi connectivity index (χ4n) is 3.88. The average Bonchev–Trinajstić information content (AvgIpc) is 3.12. The quantitative estimate of drug-likeness (QED) is 0.616. The molecule has 7 heteroatoms. The third-order valence-corrected chi connectivity index (χ3v) is 6.35. The highest BCUT2D eigenvalue weighted by Gasteiger charge is 2.39. The van der Waals surface area contributed by atoms with Crippen molar-refractivity contribution in [3.8, 4) is 0 Å². The molecule has 1 N–H and O–H groups in total. The molecule has 2 aliphatic rings. The van der Waals surface area contributed by atoms with Gasteiger partial charge in [0.25, 0.3) is 0 Å². The first kappa shape index (κ1) is 20.1. The molecule has 2 aromatic carbocycles. The lowest BCUT2D eigenvalue weighted by Crippen LogP contribution is -2.45. The summed E-state index contributed by atoms with van der Waals surface area (Å²) < 4.78 is 11.7. The van der Waals surface area contributed by atoms with Crippen LogP contribution in [-0.2, 0) is 9.47 Å². The van der Waals surface area contributed by atoms with Gasteiger partial charge in [-0.05, 0) is 42.8 Å². The van der Waals surface area contributed by atoms with Crippen molar-refractivity contribution in [2.24, 2.45) is 0 Å². The Bertz CT molecular complexity index is 846. The predicted molar refractivity (Wildman–Crippen MR) is 116 cm³/mol. The zero-order valence-corrected chi connectivity index (χ0v) is 17.9. The van der Waals surface area contributed by atoms with Crippen molar-refractivity contribution in [3.05, 3.63) is 57.0 Å². The minimum atomic E-state index is -0.371. The minimum absolute atomic E-state index is 0.0116. The van der Waals surface area contributed by atoms with Gasteiger partial charge in [-0.1, -0.05) is 40.9 Å². The Hall–Kier alpha value is -1.17. The second kappa shape index (κ2) is 8.29. The molecule has 0 bridgehead atoms. The summed E-state index contributed by atoms with van der Waals surface area (Å²) in [5, 5.41) is 5.42. The number of hydrogen-bond acceptors (Lipinski definition) is 4. The molecule has 4 rings (SSSR count). The Labute approximate surface area is 180 Å². The Kier molecular flexibility index (Phi) is 5.96. The molecule has 0 saturated carbocycles. The van der Waals surface area contributed by atoms with Crippen LogP contribution in [0.4, 0.5) is 11.4 Å². The first-order valence-corrected chi connectivity index (χ1v) is 10.6. The normalized spacial score (nSPS) is 19.8. The third kappa shape index (κ3) is 4.22. The molecule has 1 unspecified atom stereocenters. The largest absolute Gasteiger partial charge is 0.377 e. The number of rotatable bonds is 4. The van der Waals surface area contributed by atoms with E-state index in [0.29, 0.717) is 28.3 Å². The van der Waals surface area contributed by atoms with Crippen LogP contribution < -0.4 is 10.2 Å². The number of benzene rings is 2. The number of halogens is 3. The van der Waals surface area contributed by atoms with Crippen LogP contribution in [0.5, 0.6) is 0 Å². The Morgan fingerprint density at radius 2 is 1.68 bits per heavy atom. The van der Waals surface area contributed by atoms with Gasteiger partial charge in [-0.3, -0.25) is 0 Å². The lowest BCUT2D eigenvalue weighted by molar-refractivity contribution is -0.169. The molecule has 2 fully saturated rings.